The molecule has 2 saturated carbocycles. The van der Waals surface area contributed by atoms with E-state index in [0.29, 0.717) is 17.9 Å². The predicted molar refractivity (Wildman–Crippen MR) is 150 cm³/mol. The Morgan fingerprint density at radius 1 is 1.20 bits per heavy atom. The summed E-state index contributed by atoms with van der Waals surface area (Å²) in [6.07, 6.45) is 1.99. The number of rotatable bonds is 9. The molecule has 1 aromatic carbocycles. The molecule has 2 heterocycles. The summed E-state index contributed by atoms with van der Waals surface area (Å²) in [5.41, 5.74) is 0.508. The molecule has 2 amide bonds. The third-order valence-electron chi connectivity index (χ3n) is 8.83. The van der Waals surface area contributed by atoms with E-state index >= 15 is 0 Å². The first-order valence-electron chi connectivity index (χ1n) is 14.2. The number of benzene rings is 1. The number of hydrogen-bond acceptors (Lipinski definition) is 5. The molecule has 3 fully saturated rings. The molecular formula is C30H36ClF3N4O3. The van der Waals surface area contributed by atoms with Crippen LogP contribution in [0.25, 0.3) is 0 Å². The monoisotopic (exact) mass is 592 g/mol. The number of nitrogens with one attached hydrogen (secondary N) is 1. The number of piperidine rings is 1. The number of hydrogen-bond donors (Lipinski definition) is 1. The maximum atomic E-state index is 13.9. The van der Waals surface area contributed by atoms with Crippen LogP contribution in [0.4, 0.5) is 19.0 Å². The standard InChI is InChI=1S/C30H36ClF3N4O3/c1-37(28(40)25(30(32,33)34)20-4-3-5-22(16-20)41-2)13-10-19-17-29(18-19)11-14-38(15-12-29)24-9-8-23(26(31)36-24)27(39)35-21-6-7-21/h3-5,8-9,16,19,21,25H,6-7,10-15,17-18H2,1-2H3,(H,35,39)/t25-/m0/s1. The quantitative estimate of drug-likeness (QED) is 0.371. The van der Waals surface area contributed by atoms with Gasteiger partial charge in [-0.3, -0.25) is 9.59 Å². The Morgan fingerprint density at radius 3 is 2.51 bits per heavy atom. The van der Waals surface area contributed by atoms with Crippen LogP contribution < -0.4 is 15.0 Å². The molecule has 1 aromatic heterocycles. The first-order valence-corrected chi connectivity index (χ1v) is 14.5. The van der Waals surface area contributed by atoms with Crippen molar-refractivity contribution in [2.75, 3.05) is 38.7 Å². The fraction of sp³-hybridized carbons (Fsp3) is 0.567. The minimum absolute atomic E-state index is 0.116. The van der Waals surface area contributed by atoms with Gasteiger partial charge in [0.1, 0.15) is 16.7 Å². The highest BCUT2D eigenvalue weighted by molar-refractivity contribution is 6.32. The number of nitrogens with zero attached hydrogens (tertiary/aromatic N) is 3. The zero-order valence-corrected chi connectivity index (χ0v) is 24.1. The van der Waals surface area contributed by atoms with E-state index in [1.54, 1.807) is 12.1 Å². The van der Waals surface area contributed by atoms with Crippen molar-refractivity contribution in [3.63, 3.8) is 0 Å². The molecule has 0 unspecified atom stereocenters. The SMILES string of the molecule is COc1cccc([C@@H](C(=O)N(C)CCC2CC3(CCN(c4ccc(C(=O)NC5CC5)c(Cl)n4)CC3)C2)C(F)(F)F)c1. The minimum atomic E-state index is -4.70. The minimum Gasteiger partial charge on any atom is -0.497 e. The topological polar surface area (TPSA) is 74.8 Å². The van der Waals surface area contributed by atoms with Gasteiger partial charge in [0.05, 0.1) is 12.7 Å². The fourth-order valence-corrected chi connectivity index (χ4v) is 6.48. The highest BCUT2D eigenvalue weighted by atomic mass is 35.5. The van der Waals surface area contributed by atoms with E-state index < -0.39 is 18.0 Å². The van der Waals surface area contributed by atoms with Gasteiger partial charge in [0.15, 0.2) is 5.92 Å². The lowest BCUT2D eigenvalue weighted by molar-refractivity contribution is -0.171. The highest BCUT2D eigenvalue weighted by Crippen LogP contribution is 2.54. The summed E-state index contributed by atoms with van der Waals surface area (Å²) in [5.74, 6) is -1.92. The average molecular weight is 593 g/mol. The van der Waals surface area contributed by atoms with Crippen molar-refractivity contribution >= 4 is 29.2 Å². The van der Waals surface area contributed by atoms with Crippen LogP contribution in [0.3, 0.4) is 0 Å². The van der Waals surface area contributed by atoms with Crippen molar-refractivity contribution in [1.29, 1.82) is 0 Å². The molecule has 2 aromatic rings. The largest absolute Gasteiger partial charge is 0.497 e. The van der Waals surface area contributed by atoms with E-state index in [2.05, 4.69) is 15.2 Å². The molecule has 5 rings (SSSR count). The summed E-state index contributed by atoms with van der Waals surface area (Å²) in [4.78, 5) is 33.2. The van der Waals surface area contributed by atoms with Crippen LogP contribution in [0.2, 0.25) is 5.15 Å². The molecular weight excluding hydrogens is 557 g/mol. The van der Waals surface area contributed by atoms with E-state index in [1.807, 2.05) is 6.07 Å². The Labute approximate surface area is 243 Å². The van der Waals surface area contributed by atoms with Crippen LogP contribution in [-0.2, 0) is 4.79 Å². The van der Waals surface area contributed by atoms with Crippen LogP contribution in [-0.4, -0.2) is 67.7 Å². The Balaban J connectivity index is 1.10. The molecule has 1 atom stereocenters. The van der Waals surface area contributed by atoms with Crippen LogP contribution in [0.1, 0.15) is 66.8 Å². The molecule has 0 radical (unpaired) electrons. The number of methoxy groups -OCH3 is 1. The first kappa shape index (κ1) is 29.5. The molecule has 2 aliphatic carbocycles. The number of aromatic nitrogens is 1. The van der Waals surface area contributed by atoms with Crippen molar-refractivity contribution in [3.8, 4) is 5.75 Å². The van der Waals surface area contributed by atoms with Crippen molar-refractivity contribution in [2.45, 2.75) is 63.1 Å². The summed E-state index contributed by atoms with van der Waals surface area (Å²) >= 11 is 6.34. The van der Waals surface area contributed by atoms with Gasteiger partial charge in [-0.25, -0.2) is 4.98 Å². The van der Waals surface area contributed by atoms with Crippen LogP contribution in [0.5, 0.6) is 5.75 Å². The number of carbonyl (C=O) groups excluding carboxylic acids is 2. The van der Waals surface area contributed by atoms with Crippen LogP contribution in [0.15, 0.2) is 36.4 Å². The molecule has 11 heteroatoms. The summed E-state index contributed by atoms with van der Waals surface area (Å²) in [6, 6.07) is 9.45. The van der Waals surface area contributed by atoms with Crippen LogP contribution in [0, 0.1) is 11.3 Å². The third kappa shape index (κ3) is 6.74. The number of carbonyl (C=O) groups is 2. The summed E-state index contributed by atoms with van der Waals surface area (Å²) in [7, 11) is 2.83. The van der Waals surface area contributed by atoms with Gasteiger partial charge in [0.25, 0.3) is 5.91 Å². The lowest BCUT2D eigenvalue weighted by Gasteiger charge is -2.53. The molecule has 1 aliphatic heterocycles. The molecule has 222 valence electrons. The van der Waals surface area contributed by atoms with Gasteiger partial charge in [0.2, 0.25) is 5.91 Å². The molecule has 1 N–H and O–H groups in total. The van der Waals surface area contributed by atoms with Gasteiger partial charge in [-0.05, 0) is 86.1 Å². The number of anilines is 1. The maximum absolute atomic E-state index is 13.9. The summed E-state index contributed by atoms with van der Waals surface area (Å²) < 4.78 is 46.8. The van der Waals surface area contributed by atoms with Crippen molar-refractivity contribution in [1.82, 2.24) is 15.2 Å². The second kappa shape index (κ2) is 11.7. The zero-order valence-electron chi connectivity index (χ0n) is 23.3. The Kier molecular flexibility index (Phi) is 8.41. The summed E-state index contributed by atoms with van der Waals surface area (Å²) in [5, 5.41) is 3.14. The molecule has 1 saturated heterocycles. The maximum Gasteiger partial charge on any atom is 0.404 e. The lowest BCUT2D eigenvalue weighted by atomic mass is 9.57. The smallest absolute Gasteiger partial charge is 0.404 e. The number of halogens is 4. The van der Waals surface area contributed by atoms with Gasteiger partial charge in [0, 0.05) is 32.7 Å². The zero-order chi connectivity index (χ0) is 29.4. The molecule has 41 heavy (non-hydrogen) atoms. The molecule has 0 bridgehead atoms. The number of amides is 2. The fourth-order valence-electron chi connectivity index (χ4n) is 6.25. The number of likely N-dealkylation sites (N-methyl/N-ethyl adjacent to an activating group) is 1. The van der Waals surface area contributed by atoms with E-state index in [1.165, 1.54) is 37.3 Å². The Bertz CT molecular complexity index is 1270. The van der Waals surface area contributed by atoms with Gasteiger partial charge < -0.3 is 19.9 Å². The number of alkyl halides is 3. The average Bonchev–Trinajstić information content (AvgIpc) is 3.74. The predicted octanol–water partition coefficient (Wildman–Crippen LogP) is 5.83. The second-order valence-corrected chi connectivity index (χ2v) is 12.2. The van der Waals surface area contributed by atoms with Crippen molar-refractivity contribution in [2.24, 2.45) is 11.3 Å². The number of pyridine rings is 1. The summed E-state index contributed by atoms with van der Waals surface area (Å²) in [6.45, 7) is 1.94. The third-order valence-corrected chi connectivity index (χ3v) is 9.12. The van der Waals surface area contributed by atoms with E-state index in [0.717, 1.165) is 57.4 Å². The Hall–Kier alpha value is -3.01. The molecule has 7 nitrogen and oxygen atoms in total. The van der Waals surface area contributed by atoms with Gasteiger partial charge >= 0.3 is 6.18 Å². The normalized spacial score (nSPS) is 19.4. The van der Waals surface area contributed by atoms with Crippen molar-refractivity contribution < 1.29 is 27.5 Å². The van der Waals surface area contributed by atoms with Gasteiger partial charge in [-0.2, -0.15) is 13.2 Å². The van der Waals surface area contributed by atoms with Crippen molar-refractivity contribution in [3.05, 3.63) is 52.7 Å². The van der Waals surface area contributed by atoms with Gasteiger partial charge in [-0.15, -0.1) is 0 Å². The lowest BCUT2D eigenvalue weighted by Crippen LogP contribution is -2.48. The highest BCUT2D eigenvalue weighted by Gasteiger charge is 2.48. The first-order chi connectivity index (χ1) is 19.5. The van der Waals surface area contributed by atoms with E-state index in [4.69, 9.17) is 16.3 Å². The number of ether oxygens (including phenoxy) is 1. The molecule has 3 aliphatic rings. The molecule has 1 spiro atoms. The second-order valence-electron chi connectivity index (χ2n) is 11.8. The Morgan fingerprint density at radius 2 is 1.90 bits per heavy atom. The van der Waals surface area contributed by atoms with E-state index in [-0.39, 0.29) is 40.4 Å². The van der Waals surface area contributed by atoms with Gasteiger partial charge in [-0.1, -0.05) is 23.7 Å². The van der Waals surface area contributed by atoms with Crippen LogP contribution >= 0.6 is 11.6 Å². The van der Waals surface area contributed by atoms with E-state index in [9.17, 15) is 22.8 Å².